The molecule has 0 unspecified atom stereocenters. The van der Waals surface area contributed by atoms with Crippen LogP contribution in [-0.4, -0.2) is 77.3 Å². The van der Waals surface area contributed by atoms with Crippen LogP contribution >= 0.6 is 11.3 Å². The van der Waals surface area contributed by atoms with E-state index in [9.17, 15) is 14.4 Å². The van der Waals surface area contributed by atoms with Crippen LogP contribution < -0.4 is 10.6 Å². The van der Waals surface area contributed by atoms with Gasteiger partial charge >= 0.3 is 6.09 Å². The first kappa shape index (κ1) is 32.3. The Morgan fingerprint density at radius 2 is 1.67 bits per heavy atom. The van der Waals surface area contributed by atoms with Gasteiger partial charge in [-0.1, -0.05) is 62.2 Å². The Kier molecular flexibility index (Phi) is 10.3. The van der Waals surface area contributed by atoms with Crippen LogP contribution in [0.25, 0.3) is 10.2 Å². The molecule has 0 aliphatic carbocycles. The third kappa shape index (κ3) is 7.97. The van der Waals surface area contributed by atoms with Crippen molar-refractivity contribution >= 4 is 45.3 Å². The maximum absolute atomic E-state index is 13.4. The van der Waals surface area contributed by atoms with Crippen LogP contribution in [-0.2, 0) is 16.8 Å². The lowest BCUT2D eigenvalue weighted by Gasteiger charge is -2.32. The number of rotatable bonds is 11. The number of fused-ring (bicyclic) bond motifs is 1. The lowest BCUT2D eigenvalue weighted by molar-refractivity contribution is 0.0915. The van der Waals surface area contributed by atoms with Crippen molar-refractivity contribution in [3.8, 4) is 0 Å². The average molecular weight is 631 g/mol. The maximum Gasteiger partial charge on any atom is 0.436 e. The van der Waals surface area contributed by atoms with Crippen LogP contribution in [0.3, 0.4) is 0 Å². The van der Waals surface area contributed by atoms with Crippen LogP contribution in [0.15, 0.2) is 60.7 Å². The molecule has 0 saturated carbocycles. The highest BCUT2D eigenvalue weighted by molar-refractivity contribution is 7.20. The quantitative estimate of drug-likeness (QED) is 0.198. The van der Waals surface area contributed by atoms with Crippen molar-refractivity contribution in [2.24, 2.45) is 0 Å². The minimum Gasteiger partial charge on any atom is -0.448 e. The number of amides is 2. The Morgan fingerprint density at radius 3 is 2.36 bits per heavy atom. The van der Waals surface area contributed by atoms with Gasteiger partial charge in [-0.05, 0) is 56.6 Å². The number of nitrogens with zero attached hydrogens (tertiary/aromatic N) is 4. The fourth-order valence-electron chi connectivity index (χ4n) is 5.29. The standard InChI is InChI=1S/C34H42N6O4S/c1-5-6-10-21-44-33(43)40-32-27(22-28(45-32)31(42)36-34(2,3)26-11-8-7-9-12-26)29(37-40)35-30(41)25-15-13-24(14-16-25)23-39-19-17-38(4)18-20-39/h7-9,11-16,22H,5-6,10,17-21,23H2,1-4H3,(H,36,42)(H,35,37,41). The third-order valence-electron chi connectivity index (χ3n) is 8.10. The Morgan fingerprint density at radius 1 is 0.956 bits per heavy atom. The molecular formula is C34H42N6O4S. The first-order chi connectivity index (χ1) is 21.6. The van der Waals surface area contributed by atoms with Gasteiger partial charge in [-0.25, -0.2) is 4.79 Å². The van der Waals surface area contributed by atoms with E-state index in [0.717, 1.165) is 79.1 Å². The smallest absolute Gasteiger partial charge is 0.436 e. The lowest BCUT2D eigenvalue weighted by atomic mass is 9.94. The van der Waals surface area contributed by atoms with Crippen LogP contribution in [0.2, 0.25) is 0 Å². The second kappa shape index (κ2) is 14.4. The second-order valence-electron chi connectivity index (χ2n) is 12.1. The SMILES string of the molecule is CCCCCOC(=O)n1nc(NC(=O)c2ccc(CN3CCN(C)CC3)cc2)c2cc(C(=O)NC(C)(C)c3ccccc3)sc21. The molecule has 1 aliphatic rings. The highest BCUT2D eigenvalue weighted by Gasteiger charge is 2.27. The molecule has 10 nitrogen and oxygen atoms in total. The molecule has 2 N–H and O–H groups in total. The molecule has 0 bridgehead atoms. The van der Waals surface area contributed by atoms with Gasteiger partial charge in [0.2, 0.25) is 0 Å². The molecule has 0 radical (unpaired) electrons. The fraction of sp³-hybridized carbons (Fsp3) is 0.412. The number of carbonyl (C=O) groups is 3. The summed E-state index contributed by atoms with van der Waals surface area (Å²) in [5, 5.41) is 10.9. The number of aromatic nitrogens is 2. The molecule has 11 heteroatoms. The highest BCUT2D eigenvalue weighted by atomic mass is 32.1. The number of hydrogen-bond acceptors (Lipinski definition) is 8. The number of likely N-dealkylation sites (N-methyl/N-ethyl adjacent to an activating group) is 1. The molecule has 3 heterocycles. The zero-order valence-electron chi connectivity index (χ0n) is 26.5. The first-order valence-electron chi connectivity index (χ1n) is 15.5. The van der Waals surface area contributed by atoms with Gasteiger partial charge in [0.15, 0.2) is 5.82 Å². The van der Waals surface area contributed by atoms with Crippen molar-refractivity contribution in [2.75, 3.05) is 45.2 Å². The van der Waals surface area contributed by atoms with E-state index in [4.69, 9.17) is 4.74 Å². The molecule has 45 heavy (non-hydrogen) atoms. The number of nitrogens with one attached hydrogen (secondary N) is 2. The fourth-order valence-corrected chi connectivity index (χ4v) is 6.28. The van der Waals surface area contributed by atoms with E-state index < -0.39 is 11.6 Å². The van der Waals surface area contributed by atoms with Gasteiger partial charge in [0.05, 0.1) is 22.4 Å². The van der Waals surface area contributed by atoms with E-state index in [0.29, 0.717) is 20.7 Å². The number of unbranched alkanes of at least 4 members (excludes halogenated alkanes) is 2. The van der Waals surface area contributed by atoms with Crippen molar-refractivity contribution in [1.82, 2.24) is 24.9 Å². The zero-order valence-corrected chi connectivity index (χ0v) is 27.3. The number of ether oxygens (including phenoxy) is 1. The van der Waals surface area contributed by atoms with E-state index in [-0.39, 0.29) is 24.2 Å². The summed E-state index contributed by atoms with van der Waals surface area (Å²) >= 11 is 1.13. The lowest BCUT2D eigenvalue weighted by Crippen LogP contribution is -2.43. The second-order valence-corrected chi connectivity index (χ2v) is 13.1. The van der Waals surface area contributed by atoms with E-state index in [2.05, 4.69) is 39.5 Å². The summed E-state index contributed by atoms with van der Waals surface area (Å²) in [6.07, 6.45) is 2.04. The molecular weight excluding hydrogens is 588 g/mol. The van der Waals surface area contributed by atoms with Crippen LogP contribution in [0.1, 0.15) is 71.2 Å². The van der Waals surface area contributed by atoms with Crippen LogP contribution in [0.4, 0.5) is 10.6 Å². The molecule has 0 spiro atoms. The highest BCUT2D eigenvalue weighted by Crippen LogP contribution is 2.33. The van der Waals surface area contributed by atoms with Gasteiger partial charge in [-0.3, -0.25) is 14.5 Å². The van der Waals surface area contributed by atoms with Gasteiger partial charge in [0.1, 0.15) is 4.83 Å². The minimum atomic E-state index is -0.650. The topological polar surface area (TPSA) is 109 Å². The van der Waals surface area contributed by atoms with E-state index in [1.165, 1.54) is 0 Å². The molecule has 0 atom stereocenters. The average Bonchev–Trinajstić information content (AvgIpc) is 3.62. The molecule has 2 aromatic carbocycles. The van der Waals surface area contributed by atoms with Crippen LogP contribution in [0, 0.1) is 0 Å². The number of piperazine rings is 1. The predicted octanol–water partition coefficient (Wildman–Crippen LogP) is 5.94. The number of anilines is 1. The van der Waals surface area contributed by atoms with Crippen molar-refractivity contribution in [3.63, 3.8) is 0 Å². The van der Waals surface area contributed by atoms with Crippen molar-refractivity contribution in [1.29, 1.82) is 0 Å². The van der Waals surface area contributed by atoms with Crippen molar-refractivity contribution < 1.29 is 19.1 Å². The van der Waals surface area contributed by atoms with Gasteiger partial charge in [0, 0.05) is 38.3 Å². The first-order valence-corrected chi connectivity index (χ1v) is 16.3. The largest absolute Gasteiger partial charge is 0.448 e. The summed E-state index contributed by atoms with van der Waals surface area (Å²) in [5.41, 5.74) is 1.94. The zero-order chi connectivity index (χ0) is 32.0. The molecule has 238 valence electrons. The molecule has 4 aromatic rings. The third-order valence-corrected chi connectivity index (χ3v) is 9.21. The molecule has 5 rings (SSSR count). The molecule has 1 fully saturated rings. The van der Waals surface area contributed by atoms with Gasteiger partial charge in [-0.2, -0.15) is 4.68 Å². The normalized spacial score (nSPS) is 14.4. The molecule has 2 aromatic heterocycles. The molecule has 1 aliphatic heterocycles. The van der Waals surface area contributed by atoms with E-state index in [1.807, 2.05) is 56.3 Å². The van der Waals surface area contributed by atoms with Crippen molar-refractivity contribution in [3.05, 3.63) is 82.2 Å². The summed E-state index contributed by atoms with van der Waals surface area (Å²) in [5.74, 6) is -0.452. The van der Waals surface area contributed by atoms with E-state index >= 15 is 0 Å². The van der Waals surface area contributed by atoms with Gasteiger partial charge in [-0.15, -0.1) is 16.4 Å². The monoisotopic (exact) mass is 630 g/mol. The van der Waals surface area contributed by atoms with E-state index in [1.54, 1.807) is 18.2 Å². The number of thiophene rings is 1. The Labute approximate surface area is 268 Å². The summed E-state index contributed by atoms with van der Waals surface area (Å²) in [7, 11) is 2.14. The Balaban J connectivity index is 1.35. The molecule has 1 saturated heterocycles. The van der Waals surface area contributed by atoms with Gasteiger partial charge < -0.3 is 20.3 Å². The Hall–Kier alpha value is -4.06. The van der Waals surface area contributed by atoms with Gasteiger partial charge in [0.25, 0.3) is 11.8 Å². The predicted molar refractivity (Wildman–Crippen MR) is 178 cm³/mol. The molecule has 2 amide bonds. The minimum absolute atomic E-state index is 0.194. The van der Waals surface area contributed by atoms with Crippen LogP contribution in [0.5, 0.6) is 0 Å². The Bertz CT molecular complexity index is 1620. The summed E-state index contributed by atoms with van der Waals surface area (Å²) in [6.45, 7) is 11.2. The van der Waals surface area contributed by atoms with Crippen molar-refractivity contribution in [2.45, 2.75) is 52.1 Å². The number of carbonyl (C=O) groups excluding carboxylic acids is 3. The summed E-state index contributed by atoms with van der Waals surface area (Å²) in [4.78, 5) is 45.4. The number of benzene rings is 2. The summed E-state index contributed by atoms with van der Waals surface area (Å²) < 4.78 is 6.62. The number of hydrogen-bond donors (Lipinski definition) is 2. The maximum atomic E-state index is 13.4. The summed E-state index contributed by atoms with van der Waals surface area (Å²) in [6, 6.07) is 18.9.